The number of carbonyl (C=O) groups is 1. The SMILES string of the molecule is CN(C)C(=O)Cc1nc(-c2ccc3c(c2)CCN3S(C)(=O)=O)cs1. The number of thiazole rings is 1. The smallest absolute Gasteiger partial charge is 0.232 e. The first-order chi connectivity index (χ1) is 11.3. The van der Waals surface area contributed by atoms with E-state index in [0.717, 1.165) is 27.5 Å². The van der Waals surface area contributed by atoms with Crippen LogP contribution in [0.25, 0.3) is 11.3 Å². The molecule has 0 fully saturated rings. The van der Waals surface area contributed by atoms with E-state index in [9.17, 15) is 13.2 Å². The van der Waals surface area contributed by atoms with Gasteiger partial charge < -0.3 is 4.90 Å². The lowest BCUT2D eigenvalue weighted by atomic mass is 10.1. The zero-order valence-corrected chi connectivity index (χ0v) is 15.4. The van der Waals surface area contributed by atoms with E-state index in [2.05, 4.69) is 4.98 Å². The predicted molar refractivity (Wildman–Crippen MR) is 95.8 cm³/mol. The van der Waals surface area contributed by atoms with Gasteiger partial charge in [-0.25, -0.2) is 13.4 Å². The molecule has 2 aromatic rings. The van der Waals surface area contributed by atoms with Gasteiger partial charge in [-0.15, -0.1) is 11.3 Å². The number of carbonyl (C=O) groups excluding carboxylic acids is 1. The van der Waals surface area contributed by atoms with E-state index in [0.29, 0.717) is 19.4 Å². The number of fused-ring (bicyclic) bond motifs is 1. The van der Waals surface area contributed by atoms with Crippen molar-refractivity contribution >= 4 is 33.0 Å². The summed E-state index contributed by atoms with van der Waals surface area (Å²) in [6.07, 6.45) is 2.22. The summed E-state index contributed by atoms with van der Waals surface area (Å²) in [4.78, 5) is 17.9. The van der Waals surface area contributed by atoms with Crippen molar-refractivity contribution in [2.75, 3.05) is 31.2 Å². The molecule has 0 unspecified atom stereocenters. The van der Waals surface area contributed by atoms with Crippen molar-refractivity contribution in [1.82, 2.24) is 9.88 Å². The van der Waals surface area contributed by atoms with Crippen LogP contribution in [0, 0.1) is 0 Å². The Hall–Kier alpha value is -1.93. The molecule has 1 aromatic heterocycles. The van der Waals surface area contributed by atoms with Gasteiger partial charge >= 0.3 is 0 Å². The Bertz CT molecular complexity index is 888. The Morgan fingerprint density at radius 3 is 2.79 bits per heavy atom. The summed E-state index contributed by atoms with van der Waals surface area (Å²) in [6, 6.07) is 5.71. The molecule has 24 heavy (non-hydrogen) atoms. The van der Waals surface area contributed by atoms with Crippen molar-refractivity contribution < 1.29 is 13.2 Å². The van der Waals surface area contributed by atoms with Crippen LogP contribution in [0.15, 0.2) is 23.6 Å². The van der Waals surface area contributed by atoms with Crippen molar-refractivity contribution in [3.8, 4) is 11.3 Å². The fourth-order valence-corrected chi connectivity index (χ4v) is 4.44. The molecule has 0 atom stereocenters. The average Bonchev–Trinajstić information content (AvgIpc) is 3.11. The van der Waals surface area contributed by atoms with Gasteiger partial charge in [0.2, 0.25) is 15.9 Å². The van der Waals surface area contributed by atoms with E-state index >= 15 is 0 Å². The fourth-order valence-electron chi connectivity index (χ4n) is 2.69. The van der Waals surface area contributed by atoms with Crippen LogP contribution in [0.4, 0.5) is 5.69 Å². The van der Waals surface area contributed by atoms with Gasteiger partial charge in [-0.2, -0.15) is 0 Å². The molecule has 0 saturated carbocycles. The Morgan fingerprint density at radius 1 is 1.38 bits per heavy atom. The first kappa shape index (κ1) is 16.9. The Balaban J connectivity index is 1.85. The largest absolute Gasteiger partial charge is 0.348 e. The van der Waals surface area contributed by atoms with Crippen molar-refractivity contribution in [2.45, 2.75) is 12.8 Å². The summed E-state index contributed by atoms with van der Waals surface area (Å²) in [5, 5.41) is 2.71. The minimum atomic E-state index is -3.23. The summed E-state index contributed by atoms with van der Waals surface area (Å²) >= 11 is 1.46. The second-order valence-corrected chi connectivity index (χ2v) is 8.87. The summed E-state index contributed by atoms with van der Waals surface area (Å²) in [6.45, 7) is 0.483. The molecule has 3 rings (SSSR count). The van der Waals surface area contributed by atoms with Crippen molar-refractivity contribution in [3.05, 3.63) is 34.2 Å². The maximum absolute atomic E-state index is 11.8. The lowest BCUT2D eigenvalue weighted by molar-refractivity contribution is -0.127. The highest BCUT2D eigenvalue weighted by Crippen LogP contribution is 2.34. The highest BCUT2D eigenvalue weighted by molar-refractivity contribution is 7.92. The topological polar surface area (TPSA) is 70.6 Å². The number of sulfonamides is 1. The van der Waals surface area contributed by atoms with Crippen molar-refractivity contribution in [1.29, 1.82) is 0 Å². The number of likely N-dealkylation sites (N-methyl/N-ethyl adjacent to an activating group) is 1. The van der Waals surface area contributed by atoms with Crippen molar-refractivity contribution in [3.63, 3.8) is 0 Å². The molecule has 6 nitrogen and oxygen atoms in total. The van der Waals surface area contributed by atoms with E-state index < -0.39 is 10.0 Å². The quantitative estimate of drug-likeness (QED) is 0.828. The molecule has 8 heteroatoms. The first-order valence-corrected chi connectivity index (χ1v) is 10.2. The number of aromatic nitrogens is 1. The second kappa shape index (κ2) is 6.18. The molecular formula is C16H19N3O3S2. The Labute approximate surface area is 145 Å². The van der Waals surface area contributed by atoms with Gasteiger partial charge in [0.25, 0.3) is 0 Å². The predicted octanol–water partition coefficient (Wildman–Crippen LogP) is 1.76. The molecule has 0 spiro atoms. The molecule has 0 bridgehead atoms. The van der Waals surface area contributed by atoms with Crippen molar-refractivity contribution in [2.24, 2.45) is 0 Å². The number of anilines is 1. The Kier molecular flexibility index (Phi) is 4.35. The van der Waals surface area contributed by atoms with Crippen LogP contribution in [0.3, 0.4) is 0 Å². The number of amides is 1. The summed E-state index contributed by atoms with van der Waals surface area (Å²) in [5.41, 5.74) is 3.53. The van der Waals surface area contributed by atoms with Crippen LogP contribution in [0.2, 0.25) is 0 Å². The van der Waals surface area contributed by atoms with E-state index in [1.165, 1.54) is 21.9 Å². The van der Waals surface area contributed by atoms with Gasteiger partial charge in [0.1, 0.15) is 5.01 Å². The molecule has 0 aliphatic carbocycles. The van der Waals surface area contributed by atoms with Crippen LogP contribution in [0.5, 0.6) is 0 Å². The lowest BCUT2D eigenvalue weighted by Crippen LogP contribution is -2.27. The maximum atomic E-state index is 11.8. The minimum Gasteiger partial charge on any atom is -0.348 e. The number of hydrogen-bond acceptors (Lipinski definition) is 5. The summed E-state index contributed by atoms with van der Waals surface area (Å²) in [7, 11) is 0.221. The molecule has 0 saturated heterocycles. The number of nitrogens with zero attached hydrogens (tertiary/aromatic N) is 3. The zero-order chi connectivity index (χ0) is 17.5. The van der Waals surface area contributed by atoms with Gasteiger partial charge in [0.15, 0.2) is 0 Å². The van der Waals surface area contributed by atoms with E-state index in [4.69, 9.17) is 0 Å². The van der Waals surface area contributed by atoms with Crippen LogP contribution in [-0.4, -0.2) is 51.1 Å². The van der Waals surface area contributed by atoms with Gasteiger partial charge in [-0.05, 0) is 24.1 Å². The standard InChI is InChI=1S/C16H19N3O3S2/c1-18(2)16(20)9-15-17-13(10-23-15)11-4-5-14-12(8-11)6-7-19(14)24(3,21)22/h4-5,8,10H,6-7,9H2,1-3H3. The van der Waals surface area contributed by atoms with Crippen LogP contribution >= 0.6 is 11.3 Å². The fraction of sp³-hybridized carbons (Fsp3) is 0.375. The maximum Gasteiger partial charge on any atom is 0.232 e. The van der Waals surface area contributed by atoms with Crippen LogP contribution in [0.1, 0.15) is 10.6 Å². The highest BCUT2D eigenvalue weighted by Gasteiger charge is 2.26. The van der Waals surface area contributed by atoms with E-state index in [1.807, 2.05) is 23.6 Å². The molecular weight excluding hydrogens is 346 g/mol. The second-order valence-electron chi connectivity index (χ2n) is 6.02. The number of rotatable bonds is 4. The first-order valence-electron chi connectivity index (χ1n) is 7.51. The molecule has 0 N–H and O–H groups in total. The molecule has 2 heterocycles. The van der Waals surface area contributed by atoms with Gasteiger partial charge in [0.05, 0.1) is 24.1 Å². The number of hydrogen-bond donors (Lipinski definition) is 0. The third-order valence-electron chi connectivity index (χ3n) is 3.98. The zero-order valence-electron chi connectivity index (χ0n) is 13.8. The average molecular weight is 365 g/mol. The van der Waals surface area contributed by atoms with Crippen LogP contribution < -0.4 is 4.31 Å². The normalized spacial score (nSPS) is 13.9. The summed E-state index contributed by atoms with van der Waals surface area (Å²) in [5.74, 6) is 0.0219. The lowest BCUT2D eigenvalue weighted by Gasteiger charge is -2.16. The van der Waals surface area contributed by atoms with Gasteiger partial charge in [-0.3, -0.25) is 9.10 Å². The monoisotopic (exact) mass is 365 g/mol. The van der Waals surface area contributed by atoms with E-state index in [1.54, 1.807) is 19.0 Å². The minimum absolute atomic E-state index is 0.0219. The Morgan fingerprint density at radius 2 is 2.12 bits per heavy atom. The third kappa shape index (κ3) is 3.29. The molecule has 1 aromatic carbocycles. The van der Waals surface area contributed by atoms with Gasteiger partial charge in [-0.1, -0.05) is 6.07 Å². The molecule has 0 radical (unpaired) electrons. The number of benzene rings is 1. The molecule has 1 amide bonds. The molecule has 128 valence electrons. The summed E-state index contributed by atoms with van der Waals surface area (Å²) < 4.78 is 25.0. The van der Waals surface area contributed by atoms with Gasteiger partial charge in [0, 0.05) is 31.6 Å². The third-order valence-corrected chi connectivity index (χ3v) is 6.01. The van der Waals surface area contributed by atoms with E-state index in [-0.39, 0.29) is 5.91 Å². The molecule has 1 aliphatic rings. The highest BCUT2D eigenvalue weighted by atomic mass is 32.2. The van der Waals surface area contributed by atoms with Crippen LogP contribution in [-0.2, 0) is 27.7 Å². The molecule has 1 aliphatic heterocycles.